The van der Waals surface area contributed by atoms with E-state index in [1.54, 1.807) is 0 Å². The van der Waals surface area contributed by atoms with Crippen LogP contribution in [0.3, 0.4) is 0 Å². The van der Waals surface area contributed by atoms with Gasteiger partial charge in [-0.05, 0) is 58.0 Å². The van der Waals surface area contributed by atoms with E-state index in [0.29, 0.717) is 6.04 Å². The first-order valence-corrected chi connectivity index (χ1v) is 8.23. The van der Waals surface area contributed by atoms with E-state index in [1.807, 2.05) is 0 Å². The Kier molecular flexibility index (Phi) is 7.29. The lowest BCUT2D eigenvalue weighted by Crippen LogP contribution is -2.28. The predicted molar refractivity (Wildman–Crippen MR) is 81.9 cm³/mol. The Morgan fingerprint density at radius 3 is 2.06 bits per heavy atom. The highest BCUT2D eigenvalue weighted by atomic mass is 15.1. The molecule has 0 aromatic heterocycles. The molecule has 0 aromatic carbocycles. The van der Waals surface area contributed by atoms with Gasteiger partial charge in [0, 0.05) is 6.04 Å². The van der Waals surface area contributed by atoms with E-state index in [4.69, 9.17) is 0 Å². The van der Waals surface area contributed by atoms with Gasteiger partial charge >= 0.3 is 0 Å². The topological polar surface area (TPSA) is 3.24 Å². The van der Waals surface area contributed by atoms with Crippen LogP contribution in [0.15, 0.2) is 0 Å². The van der Waals surface area contributed by atoms with Gasteiger partial charge in [0.25, 0.3) is 0 Å². The minimum absolute atomic E-state index is 0.692. The molecule has 0 N–H and O–H groups in total. The molecular weight excluding hydrogens is 218 g/mol. The van der Waals surface area contributed by atoms with E-state index < -0.39 is 0 Å². The third-order valence-corrected chi connectivity index (χ3v) is 5.14. The minimum atomic E-state index is 0.692. The molecule has 0 amide bonds. The molecule has 1 nitrogen and oxygen atoms in total. The summed E-state index contributed by atoms with van der Waals surface area (Å²) in [6, 6.07) is 0.692. The summed E-state index contributed by atoms with van der Waals surface area (Å²) in [5.74, 6) is 2.99. The van der Waals surface area contributed by atoms with E-state index in [-0.39, 0.29) is 0 Å². The standard InChI is InChI=1S/C17H35N/c1-6-16-7-9-17(10-8-16)13-15(4)11-12-18(5)14(2)3/h14-17H,6-13H2,1-5H3. The van der Waals surface area contributed by atoms with E-state index in [2.05, 4.69) is 39.6 Å². The summed E-state index contributed by atoms with van der Waals surface area (Å²) in [4.78, 5) is 2.48. The zero-order valence-electron chi connectivity index (χ0n) is 13.4. The van der Waals surface area contributed by atoms with Gasteiger partial charge < -0.3 is 4.90 Å². The van der Waals surface area contributed by atoms with Gasteiger partial charge in [-0.25, -0.2) is 0 Å². The highest BCUT2D eigenvalue weighted by Crippen LogP contribution is 2.34. The summed E-state index contributed by atoms with van der Waals surface area (Å²) in [5.41, 5.74) is 0. The number of hydrogen-bond donors (Lipinski definition) is 0. The lowest BCUT2D eigenvalue weighted by molar-refractivity contribution is 0.211. The van der Waals surface area contributed by atoms with Gasteiger partial charge in [0.05, 0.1) is 0 Å². The van der Waals surface area contributed by atoms with E-state index in [1.165, 1.54) is 51.5 Å². The molecule has 1 aliphatic rings. The third kappa shape index (κ3) is 5.73. The molecule has 1 rings (SSSR count). The fourth-order valence-electron chi connectivity index (χ4n) is 3.24. The molecule has 1 aliphatic carbocycles. The Morgan fingerprint density at radius 2 is 1.56 bits per heavy atom. The van der Waals surface area contributed by atoms with Crippen molar-refractivity contribution in [2.45, 2.75) is 78.7 Å². The normalized spacial score (nSPS) is 26.8. The number of hydrogen-bond acceptors (Lipinski definition) is 1. The van der Waals surface area contributed by atoms with E-state index in [9.17, 15) is 0 Å². The maximum atomic E-state index is 2.48. The first-order chi connectivity index (χ1) is 8.52. The maximum Gasteiger partial charge on any atom is 0.00355 e. The smallest absolute Gasteiger partial charge is 0.00355 e. The summed E-state index contributed by atoms with van der Waals surface area (Å²) >= 11 is 0. The van der Waals surface area contributed by atoms with Gasteiger partial charge in [-0.1, -0.05) is 46.0 Å². The highest BCUT2D eigenvalue weighted by molar-refractivity contribution is 4.74. The zero-order valence-corrected chi connectivity index (χ0v) is 13.4. The van der Waals surface area contributed by atoms with Crippen molar-refractivity contribution in [1.82, 2.24) is 4.90 Å². The lowest BCUT2D eigenvalue weighted by atomic mass is 9.77. The fourth-order valence-corrected chi connectivity index (χ4v) is 3.24. The number of rotatable bonds is 7. The van der Waals surface area contributed by atoms with Crippen LogP contribution >= 0.6 is 0 Å². The highest BCUT2D eigenvalue weighted by Gasteiger charge is 2.21. The summed E-state index contributed by atoms with van der Waals surface area (Å²) in [5, 5.41) is 0. The van der Waals surface area contributed by atoms with Crippen LogP contribution in [0.4, 0.5) is 0 Å². The summed E-state index contributed by atoms with van der Waals surface area (Å²) < 4.78 is 0. The number of nitrogens with zero attached hydrogens (tertiary/aromatic N) is 1. The van der Waals surface area contributed by atoms with Crippen LogP contribution in [0.2, 0.25) is 0 Å². The molecule has 0 bridgehead atoms. The quantitative estimate of drug-likeness (QED) is 0.620. The van der Waals surface area contributed by atoms with Crippen LogP contribution < -0.4 is 0 Å². The third-order valence-electron chi connectivity index (χ3n) is 5.14. The van der Waals surface area contributed by atoms with Crippen molar-refractivity contribution in [3.8, 4) is 0 Å². The Morgan fingerprint density at radius 1 is 1.00 bits per heavy atom. The van der Waals surface area contributed by atoms with Crippen LogP contribution in [0.1, 0.15) is 72.6 Å². The van der Waals surface area contributed by atoms with Crippen LogP contribution in [0, 0.1) is 17.8 Å². The second kappa shape index (κ2) is 8.19. The maximum absolute atomic E-state index is 2.48. The molecule has 0 radical (unpaired) electrons. The van der Waals surface area contributed by atoms with Crippen molar-refractivity contribution in [2.24, 2.45) is 17.8 Å². The molecule has 18 heavy (non-hydrogen) atoms. The van der Waals surface area contributed by atoms with Gasteiger partial charge in [-0.3, -0.25) is 0 Å². The van der Waals surface area contributed by atoms with Crippen LogP contribution in [0.5, 0.6) is 0 Å². The van der Waals surface area contributed by atoms with Gasteiger partial charge in [0.1, 0.15) is 0 Å². The molecule has 108 valence electrons. The van der Waals surface area contributed by atoms with Crippen molar-refractivity contribution < 1.29 is 0 Å². The van der Waals surface area contributed by atoms with Crippen LogP contribution in [-0.2, 0) is 0 Å². The summed E-state index contributed by atoms with van der Waals surface area (Å²) in [7, 11) is 2.25. The van der Waals surface area contributed by atoms with Gasteiger partial charge in [0.15, 0.2) is 0 Å². The first kappa shape index (κ1) is 16.0. The molecule has 1 fully saturated rings. The molecule has 1 atom stereocenters. The van der Waals surface area contributed by atoms with Crippen molar-refractivity contribution in [3.05, 3.63) is 0 Å². The summed E-state index contributed by atoms with van der Waals surface area (Å²) in [6.45, 7) is 10.7. The lowest BCUT2D eigenvalue weighted by Gasteiger charge is -2.30. The Balaban J connectivity index is 2.15. The SMILES string of the molecule is CCC1CCC(CC(C)CCN(C)C(C)C)CC1. The Labute approximate surface area is 115 Å². The molecule has 0 aliphatic heterocycles. The second-order valence-corrected chi connectivity index (χ2v) is 7.00. The van der Waals surface area contributed by atoms with Gasteiger partial charge in [-0.2, -0.15) is 0 Å². The van der Waals surface area contributed by atoms with Crippen molar-refractivity contribution in [3.63, 3.8) is 0 Å². The largest absolute Gasteiger partial charge is 0.304 e. The molecular formula is C17H35N. The van der Waals surface area contributed by atoms with Crippen molar-refractivity contribution >= 4 is 0 Å². The summed E-state index contributed by atoms with van der Waals surface area (Å²) in [6.07, 6.45) is 10.3. The Hall–Kier alpha value is -0.0400. The zero-order chi connectivity index (χ0) is 13.5. The van der Waals surface area contributed by atoms with Crippen LogP contribution in [0.25, 0.3) is 0 Å². The Bertz CT molecular complexity index is 204. The molecule has 1 saturated carbocycles. The molecule has 1 heteroatoms. The van der Waals surface area contributed by atoms with Gasteiger partial charge in [-0.15, -0.1) is 0 Å². The fraction of sp³-hybridized carbons (Fsp3) is 1.00. The van der Waals surface area contributed by atoms with E-state index >= 15 is 0 Å². The van der Waals surface area contributed by atoms with Crippen molar-refractivity contribution in [1.29, 1.82) is 0 Å². The van der Waals surface area contributed by atoms with Crippen molar-refractivity contribution in [2.75, 3.05) is 13.6 Å². The minimum Gasteiger partial charge on any atom is -0.304 e. The average molecular weight is 253 g/mol. The average Bonchev–Trinajstić information content (AvgIpc) is 2.36. The monoisotopic (exact) mass is 253 g/mol. The molecule has 0 aromatic rings. The molecule has 0 heterocycles. The molecule has 0 saturated heterocycles. The second-order valence-electron chi connectivity index (χ2n) is 7.00. The van der Waals surface area contributed by atoms with Gasteiger partial charge in [0.2, 0.25) is 0 Å². The molecule has 1 unspecified atom stereocenters. The van der Waals surface area contributed by atoms with Crippen LogP contribution in [-0.4, -0.2) is 24.5 Å². The predicted octanol–water partition coefficient (Wildman–Crippen LogP) is 4.96. The first-order valence-electron chi connectivity index (χ1n) is 8.23. The van der Waals surface area contributed by atoms with E-state index in [0.717, 1.165) is 17.8 Å². The molecule has 0 spiro atoms.